The number of fused-ring (bicyclic) bond motifs is 1. The summed E-state index contributed by atoms with van der Waals surface area (Å²) in [6.45, 7) is 0.445. The summed E-state index contributed by atoms with van der Waals surface area (Å²) in [4.78, 5) is 27.3. The lowest BCUT2D eigenvalue weighted by Gasteiger charge is -2.35. The van der Waals surface area contributed by atoms with Crippen molar-refractivity contribution in [1.82, 2.24) is 10.2 Å². The fraction of sp³-hybridized carbons (Fsp3) is 0.412. The van der Waals surface area contributed by atoms with Crippen molar-refractivity contribution in [3.63, 3.8) is 0 Å². The van der Waals surface area contributed by atoms with Gasteiger partial charge in [-0.1, -0.05) is 12.1 Å². The number of anilines is 1. The van der Waals surface area contributed by atoms with Crippen molar-refractivity contribution in [1.29, 1.82) is 10.5 Å². The van der Waals surface area contributed by atoms with Crippen LogP contribution in [0.1, 0.15) is 6.42 Å². The number of nitrogens with one attached hydrogen (secondary N) is 1. The number of para-hydroxylation sites is 2. The molecular weight excluding hydrogens is 322 g/mol. The number of benzene rings is 1. The largest absolute Gasteiger partial charge is 0.477 e. The summed E-state index contributed by atoms with van der Waals surface area (Å²) in [6, 6.07) is 11.1. The van der Waals surface area contributed by atoms with Crippen LogP contribution in [-0.2, 0) is 9.59 Å². The molecule has 0 aromatic heterocycles. The zero-order valence-corrected chi connectivity index (χ0v) is 13.9. The normalized spacial score (nSPS) is 15.2. The van der Waals surface area contributed by atoms with Gasteiger partial charge in [0, 0.05) is 20.0 Å². The molecule has 1 aliphatic heterocycles. The molecular formula is C17H19N5O3. The van der Waals surface area contributed by atoms with Crippen LogP contribution in [0.3, 0.4) is 0 Å². The first kappa shape index (κ1) is 18.1. The van der Waals surface area contributed by atoms with Crippen LogP contribution in [0.4, 0.5) is 5.69 Å². The molecule has 0 radical (unpaired) electrons. The van der Waals surface area contributed by atoms with Gasteiger partial charge < -0.3 is 19.9 Å². The molecule has 0 fully saturated rings. The number of hydrogen-bond acceptors (Lipinski definition) is 6. The molecule has 0 bridgehead atoms. The number of nitrogens with zero attached hydrogens (tertiary/aromatic N) is 4. The minimum Gasteiger partial charge on any atom is -0.477 e. The molecule has 0 saturated heterocycles. The van der Waals surface area contributed by atoms with E-state index in [1.807, 2.05) is 35.2 Å². The second kappa shape index (κ2) is 8.55. The predicted molar refractivity (Wildman–Crippen MR) is 89.6 cm³/mol. The van der Waals surface area contributed by atoms with E-state index in [2.05, 4.69) is 5.32 Å². The van der Waals surface area contributed by atoms with Crippen LogP contribution in [0.15, 0.2) is 24.3 Å². The zero-order chi connectivity index (χ0) is 18.2. The summed E-state index contributed by atoms with van der Waals surface area (Å²) in [7, 11) is 1.54. The fourth-order valence-corrected chi connectivity index (χ4v) is 2.61. The van der Waals surface area contributed by atoms with Crippen molar-refractivity contribution in [3.8, 4) is 17.9 Å². The first-order chi connectivity index (χ1) is 12.1. The SMILES string of the molecule is CNC(=O)[C@@H]1CN(CCC(=O)N(CC#N)CC#N)c2ccccc2O1. The van der Waals surface area contributed by atoms with E-state index in [0.29, 0.717) is 18.8 Å². The molecule has 1 aromatic carbocycles. The first-order valence-electron chi connectivity index (χ1n) is 7.84. The Kier molecular flexibility index (Phi) is 6.19. The Balaban J connectivity index is 2.09. The third-order valence-electron chi connectivity index (χ3n) is 3.87. The lowest BCUT2D eigenvalue weighted by Crippen LogP contribution is -2.49. The molecule has 0 saturated carbocycles. The maximum atomic E-state index is 12.2. The Morgan fingerprint density at radius 2 is 2.00 bits per heavy atom. The summed E-state index contributed by atoms with van der Waals surface area (Å²) >= 11 is 0. The van der Waals surface area contributed by atoms with E-state index in [-0.39, 0.29) is 31.3 Å². The van der Waals surface area contributed by atoms with Crippen LogP contribution < -0.4 is 15.0 Å². The van der Waals surface area contributed by atoms with Crippen LogP contribution in [-0.4, -0.2) is 56.0 Å². The Labute approximate surface area is 146 Å². The number of likely N-dealkylation sites (N-methyl/N-ethyl adjacent to an activating group) is 1. The Morgan fingerprint density at radius 1 is 1.32 bits per heavy atom. The number of carbonyl (C=O) groups excluding carboxylic acids is 2. The predicted octanol–water partition coefficient (Wildman–Crippen LogP) is 0.266. The van der Waals surface area contributed by atoms with Crippen LogP contribution in [0.5, 0.6) is 5.75 Å². The molecule has 1 aliphatic rings. The Morgan fingerprint density at radius 3 is 2.64 bits per heavy atom. The van der Waals surface area contributed by atoms with Gasteiger partial charge in [0.25, 0.3) is 5.91 Å². The monoisotopic (exact) mass is 341 g/mol. The van der Waals surface area contributed by atoms with Crippen LogP contribution >= 0.6 is 0 Å². The average Bonchev–Trinajstić information content (AvgIpc) is 2.64. The molecule has 25 heavy (non-hydrogen) atoms. The lowest BCUT2D eigenvalue weighted by atomic mass is 10.1. The van der Waals surface area contributed by atoms with Crippen LogP contribution in [0.25, 0.3) is 0 Å². The summed E-state index contributed by atoms with van der Waals surface area (Å²) in [5, 5.41) is 20.1. The molecule has 1 atom stereocenters. The van der Waals surface area contributed by atoms with Gasteiger partial charge in [-0.05, 0) is 12.1 Å². The molecule has 0 aliphatic carbocycles. The van der Waals surface area contributed by atoms with Gasteiger partial charge in [-0.2, -0.15) is 10.5 Å². The number of carbonyl (C=O) groups is 2. The third kappa shape index (κ3) is 4.39. The number of amides is 2. The van der Waals surface area contributed by atoms with E-state index in [0.717, 1.165) is 5.69 Å². The molecule has 1 N–H and O–H groups in total. The van der Waals surface area contributed by atoms with Gasteiger partial charge in [0.2, 0.25) is 5.91 Å². The van der Waals surface area contributed by atoms with Crippen molar-refractivity contribution in [2.24, 2.45) is 0 Å². The highest BCUT2D eigenvalue weighted by molar-refractivity contribution is 5.83. The molecule has 1 aromatic rings. The number of rotatable bonds is 6. The fourth-order valence-electron chi connectivity index (χ4n) is 2.61. The maximum absolute atomic E-state index is 12.2. The first-order valence-corrected chi connectivity index (χ1v) is 7.84. The second-order valence-corrected chi connectivity index (χ2v) is 5.45. The maximum Gasteiger partial charge on any atom is 0.262 e. The third-order valence-corrected chi connectivity index (χ3v) is 3.87. The Hall–Kier alpha value is -3.26. The average molecular weight is 341 g/mol. The molecule has 0 spiro atoms. The van der Waals surface area contributed by atoms with Gasteiger partial charge in [0.05, 0.1) is 24.4 Å². The quantitative estimate of drug-likeness (QED) is 0.744. The van der Waals surface area contributed by atoms with Crippen molar-refractivity contribution in [2.75, 3.05) is 38.1 Å². The van der Waals surface area contributed by atoms with Gasteiger partial charge in [-0.15, -0.1) is 0 Å². The molecule has 2 rings (SSSR count). The van der Waals surface area contributed by atoms with E-state index in [1.54, 1.807) is 13.1 Å². The smallest absolute Gasteiger partial charge is 0.262 e. The number of ether oxygens (including phenoxy) is 1. The molecule has 130 valence electrons. The summed E-state index contributed by atoms with van der Waals surface area (Å²) in [5.74, 6) is 0.0747. The van der Waals surface area contributed by atoms with E-state index in [4.69, 9.17) is 15.3 Å². The van der Waals surface area contributed by atoms with Crippen LogP contribution in [0, 0.1) is 22.7 Å². The van der Waals surface area contributed by atoms with E-state index < -0.39 is 6.10 Å². The summed E-state index contributed by atoms with van der Waals surface area (Å²) < 4.78 is 5.71. The lowest BCUT2D eigenvalue weighted by molar-refractivity contribution is -0.129. The molecule has 1 heterocycles. The van der Waals surface area contributed by atoms with Crippen molar-refractivity contribution in [2.45, 2.75) is 12.5 Å². The number of hydrogen-bond donors (Lipinski definition) is 1. The highest BCUT2D eigenvalue weighted by Crippen LogP contribution is 2.33. The van der Waals surface area contributed by atoms with E-state index in [1.165, 1.54) is 4.90 Å². The van der Waals surface area contributed by atoms with Crippen LogP contribution in [0.2, 0.25) is 0 Å². The summed E-state index contributed by atoms with van der Waals surface area (Å²) in [5.41, 5.74) is 0.808. The van der Waals surface area contributed by atoms with Gasteiger partial charge >= 0.3 is 0 Å². The minimum atomic E-state index is -0.663. The van der Waals surface area contributed by atoms with Gasteiger partial charge in [-0.3, -0.25) is 9.59 Å². The van der Waals surface area contributed by atoms with Crippen molar-refractivity contribution < 1.29 is 14.3 Å². The summed E-state index contributed by atoms with van der Waals surface area (Å²) in [6.07, 6.45) is -0.526. The van der Waals surface area contributed by atoms with Crippen molar-refractivity contribution in [3.05, 3.63) is 24.3 Å². The van der Waals surface area contributed by atoms with Gasteiger partial charge in [0.1, 0.15) is 18.8 Å². The highest BCUT2D eigenvalue weighted by Gasteiger charge is 2.30. The van der Waals surface area contributed by atoms with Crippen molar-refractivity contribution >= 4 is 17.5 Å². The standard InChI is InChI=1S/C17H19N5O3/c1-20-17(24)15-12-22(13-4-2-3-5-14(13)25-15)9-6-16(23)21(10-7-18)11-8-19/h2-5,15H,6,9-12H2,1H3,(H,20,24)/t15-/m0/s1. The topological polar surface area (TPSA) is 109 Å². The zero-order valence-electron chi connectivity index (χ0n) is 13.9. The van der Waals surface area contributed by atoms with Gasteiger partial charge in [-0.25, -0.2) is 0 Å². The second-order valence-electron chi connectivity index (χ2n) is 5.45. The van der Waals surface area contributed by atoms with E-state index in [9.17, 15) is 9.59 Å². The Bertz CT molecular complexity index is 706. The van der Waals surface area contributed by atoms with Gasteiger partial charge in [0.15, 0.2) is 6.10 Å². The van der Waals surface area contributed by atoms with E-state index >= 15 is 0 Å². The molecule has 8 heteroatoms. The molecule has 2 amide bonds. The molecule has 0 unspecified atom stereocenters. The highest BCUT2D eigenvalue weighted by atomic mass is 16.5. The minimum absolute atomic E-state index is 0.118. The molecule has 8 nitrogen and oxygen atoms in total. The number of nitriles is 2.